The Kier molecular flexibility index (Phi) is 7.09. The molecule has 3 N–H and O–H groups in total. The molecule has 7 heteroatoms. The lowest BCUT2D eigenvalue weighted by Crippen LogP contribution is -2.40. The van der Waals surface area contributed by atoms with Crippen LogP contribution in [0.15, 0.2) is 77.8 Å². The van der Waals surface area contributed by atoms with Crippen LogP contribution in [0.3, 0.4) is 0 Å². The molecule has 0 bridgehead atoms. The molecule has 0 saturated heterocycles. The quantitative estimate of drug-likeness (QED) is 0.374. The highest BCUT2D eigenvalue weighted by atomic mass is 16.5. The third kappa shape index (κ3) is 5.63. The first-order valence-electron chi connectivity index (χ1n) is 10.9. The molecule has 3 aromatic carbocycles. The predicted molar refractivity (Wildman–Crippen MR) is 130 cm³/mol. The van der Waals surface area contributed by atoms with E-state index in [0.29, 0.717) is 37.0 Å². The van der Waals surface area contributed by atoms with Gasteiger partial charge in [-0.1, -0.05) is 42.5 Å². The zero-order valence-corrected chi connectivity index (χ0v) is 18.8. The normalized spacial score (nSPS) is 15.3. The lowest BCUT2D eigenvalue weighted by Gasteiger charge is -2.26. The lowest BCUT2D eigenvalue weighted by molar-refractivity contribution is -0.116. The second kappa shape index (κ2) is 10.5. The summed E-state index contributed by atoms with van der Waals surface area (Å²) in [6.45, 7) is 1.23. The molecule has 1 atom stereocenters. The molecule has 170 valence electrons. The number of para-hydroxylation sites is 3. The van der Waals surface area contributed by atoms with E-state index in [2.05, 4.69) is 27.0 Å². The van der Waals surface area contributed by atoms with Gasteiger partial charge in [-0.15, -0.1) is 0 Å². The zero-order chi connectivity index (χ0) is 23.0. The Bertz CT molecular complexity index is 1130. The van der Waals surface area contributed by atoms with E-state index < -0.39 is 0 Å². The number of methoxy groups -OCH3 is 1. The van der Waals surface area contributed by atoms with Crippen LogP contribution in [0.2, 0.25) is 0 Å². The first-order chi connectivity index (χ1) is 16.2. The topological polar surface area (TPSA) is 84.0 Å². The van der Waals surface area contributed by atoms with Crippen molar-refractivity contribution >= 4 is 17.6 Å². The van der Waals surface area contributed by atoms with Crippen LogP contribution in [0.1, 0.15) is 23.5 Å². The Morgan fingerprint density at radius 2 is 1.73 bits per heavy atom. The lowest BCUT2D eigenvalue weighted by atomic mass is 9.90. The molecule has 0 aliphatic carbocycles. The number of benzene rings is 3. The predicted octanol–water partition coefficient (Wildman–Crippen LogP) is 4.28. The summed E-state index contributed by atoms with van der Waals surface area (Å²) >= 11 is 0. The number of hydrogen-bond donors (Lipinski definition) is 3. The van der Waals surface area contributed by atoms with Gasteiger partial charge in [-0.2, -0.15) is 0 Å². The van der Waals surface area contributed by atoms with Crippen LogP contribution in [-0.4, -0.2) is 32.6 Å². The molecule has 33 heavy (non-hydrogen) atoms. The number of anilines is 1. The molecule has 0 fully saturated rings. The summed E-state index contributed by atoms with van der Waals surface area (Å²) in [6, 6.07) is 23.4. The van der Waals surface area contributed by atoms with E-state index in [4.69, 9.17) is 9.47 Å². The SMILES string of the molecule is CN=C(NCc1ccc(Oc2ccccc2OC)cc1)NCC1CC(=O)Nc2ccccc21. The van der Waals surface area contributed by atoms with Crippen molar-refractivity contribution in [1.82, 2.24) is 10.6 Å². The molecule has 1 heterocycles. The molecule has 1 unspecified atom stereocenters. The molecular weight excluding hydrogens is 416 g/mol. The number of nitrogens with zero attached hydrogens (tertiary/aromatic N) is 1. The van der Waals surface area contributed by atoms with Crippen molar-refractivity contribution in [1.29, 1.82) is 0 Å². The minimum atomic E-state index is 0.0406. The van der Waals surface area contributed by atoms with Gasteiger partial charge in [0, 0.05) is 38.2 Å². The molecule has 1 aliphatic heterocycles. The molecule has 0 radical (unpaired) electrons. The van der Waals surface area contributed by atoms with Crippen LogP contribution in [0.4, 0.5) is 5.69 Å². The molecule has 0 spiro atoms. The summed E-state index contributed by atoms with van der Waals surface area (Å²) in [4.78, 5) is 16.3. The third-order valence-electron chi connectivity index (χ3n) is 5.53. The minimum absolute atomic E-state index is 0.0406. The first kappa shape index (κ1) is 22.2. The molecule has 0 saturated carbocycles. The number of hydrogen-bond acceptors (Lipinski definition) is 4. The van der Waals surface area contributed by atoms with E-state index in [1.807, 2.05) is 66.7 Å². The number of amides is 1. The zero-order valence-electron chi connectivity index (χ0n) is 18.8. The van der Waals surface area contributed by atoms with Crippen LogP contribution in [0.5, 0.6) is 17.2 Å². The molecule has 0 aromatic heterocycles. The van der Waals surface area contributed by atoms with Crippen molar-refractivity contribution in [2.45, 2.75) is 18.9 Å². The van der Waals surface area contributed by atoms with Crippen molar-refractivity contribution in [3.8, 4) is 17.2 Å². The Balaban J connectivity index is 1.31. The molecule has 3 aromatic rings. The summed E-state index contributed by atoms with van der Waals surface area (Å²) < 4.78 is 11.3. The summed E-state index contributed by atoms with van der Waals surface area (Å²) in [5, 5.41) is 9.61. The second-order valence-corrected chi connectivity index (χ2v) is 7.74. The minimum Gasteiger partial charge on any atom is -0.493 e. The maximum absolute atomic E-state index is 12.0. The van der Waals surface area contributed by atoms with Gasteiger partial charge in [0.15, 0.2) is 17.5 Å². The summed E-state index contributed by atoms with van der Waals surface area (Å²) in [5.74, 6) is 2.93. The number of rotatable bonds is 7. The first-order valence-corrected chi connectivity index (χ1v) is 10.9. The van der Waals surface area contributed by atoms with Gasteiger partial charge in [0.25, 0.3) is 0 Å². The fourth-order valence-corrected chi connectivity index (χ4v) is 3.82. The maximum atomic E-state index is 12.0. The van der Waals surface area contributed by atoms with Crippen molar-refractivity contribution in [2.75, 3.05) is 26.0 Å². The van der Waals surface area contributed by atoms with Gasteiger partial charge < -0.3 is 25.4 Å². The van der Waals surface area contributed by atoms with Crippen LogP contribution >= 0.6 is 0 Å². The van der Waals surface area contributed by atoms with Crippen molar-refractivity contribution in [3.63, 3.8) is 0 Å². The average molecular weight is 445 g/mol. The van der Waals surface area contributed by atoms with Crippen molar-refractivity contribution < 1.29 is 14.3 Å². The fraction of sp³-hybridized carbons (Fsp3) is 0.231. The number of carbonyl (C=O) groups excluding carboxylic acids is 1. The van der Waals surface area contributed by atoms with Crippen molar-refractivity contribution in [2.24, 2.45) is 4.99 Å². The van der Waals surface area contributed by atoms with Crippen molar-refractivity contribution in [3.05, 3.63) is 83.9 Å². The molecule has 4 rings (SSSR count). The maximum Gasteiger partial charge on any atom is 0.225 e. The van der Waals surface area contributed by atoms with Crippen LogP contribution in [0, 0.1) is 0 Å². The van der Waals surface area contributed by atoms with Crippen LogP contribution in [-0.2, 0) is 11.3 Å². The number of aliphatic imine (C=N–C) groups is 1. The Hall–Kier alpha value is -4.00. The molecular formula is C26H28N4O3. The second-order valence-electron chi connectivity index (χ2n) is 7.74. The van der Waals surface area contributed by atoms with E-state index in [9.17, 15) is 4.79 Å². The van der Waals surface area contributed by atoms with Gasteiger partial charge in [0.05, 0.1) is 7.11 Å². The Morgan fingerprint density at radius 1 is 1.00 bits per heavy atom. The van der Waals surface area contributed by atoms with Crippen LogP contribution < -0.4 is 25.4 Å². The van der Waals surface area contributed by atoms with Gasteiger partial charge in [0.2, 0.25) is 5.91 Å². The highest BCUT2D eigenvalue weighted by Gasteiger charge is 2.24. The van der Waals surface area contributed by atoms with Gasteiger partial charge in [0.1, 0.15) is 5.75 Å². The van der Waals surface area contributed by atoms with E-state index in [1.54, 1.807) is 14.2 Å². The van der Waals surface area contributed by atoms with E-state index in [0.717, 1.165) is 22.6 Å². The van der Waals surface area contributed by atoms with E-state index >= 15 is 0 Å². The highest BCUT2D eigenvalue weighted by Crippen LogP contribution is 2.32. The van der Waals surface area contributed by atoms with Gasteiger partial charge in [-0.05, 0) is 41.5 Å². The number of nitrogens with one attached hydrogen (secondary N) is 3. The monoisotopic (exact) mass is 444 g/mol. The summed E-state index contributed by atoms with van der Waals surface area (Å²) in [7, 11) is 3.36. The van der Waals surface area contributed by atoms with Gasteiger partial charge >= 0.3 is 0 Å². The standard InChI is InChI=1S/C26H28N4O3/c1-27-26(29-17-19-15-25(31)30-22-8-4-3-7-21(19)22)28-16-18-11-13-20(14-12-18)33-24-10-6-5-9-23(24)32-2/h3-14,19H,15-17H2,1-2H3,(H,30,31)(H2,27,28,29). The fourth-order valence-electron chi connectivity index (χ4n) is 3.82. The number of ether oxygens (including phenoxy) is 2. The highest BCUT2D eigenvalue weighted by molar-refractivity contribution is 5.94. The number of guanidine groups is 1. The number of fused-ring (bicyclic) bond motifs is 1. The van der Waals surface area contributed by atoms with E-state index in [-0.39, 0.29) is 11.8 Å². The smallest absolute Gasteiger partial charge is 0.225 e. The summed E-state index contributed by atoms with van der Waals surface area (Å²) in [6.07, 6.45) is 0.453. The van der Waals surface area contributed by atoms with Crippen LogP contribution in [0.25, 0.3) is 0 Å². The molecule has 1 aliphatic rings. The summed E-state index contributed by atoms with van der Waals surface area (Å²) in [5.41, 5.74) is 3.12. The molecule has 7 nitrogen and oxygen atoms in total. The van der Waals surface area contributed by atoms with E-state index in [1.165, 1.54) is 0 Å². The Labute approximate surface area is 193 Å². The van der Waals surface area contributed by atoms with Gasteiger partial charge in [-0.25, -0.2) is 0 Å². The third-order valence-corrected chi connectivity index (χ3v) is 5.53. The number of carbonyl (C=O) groups is 1. The largest absolute Gasteiger partial charge is 0.493 e. The Morgan fingerprint density at radius 3 is 2.48 bits per heavy atom. The average Bonchev–Trinajstić information content (AvgIpc) is 2.85. The molecule has 1 amide bonds. The van der Waals surface area contributed by atoms with Gasteiger partial charge in [-0.3, -0.25) is 9.79 Å².